The minimum Gasteiger partial charge on any atom is -0.353 e. The molecule has 1 unspecified atom stereocenters. The summed E-state index contributed by atoms with van der Waals surface area (Å²) in [6.07, 6.45) is 2.49. The van der Waals surface area contributed by atoms with E-state index in [1.54, 1.807) is 6.07 Å². The lowest BCUT2D eigenvalue weighted by atomic mass is 10.1. The van der Waals surface area contributed by atoms with Crippen molar-refractivity contribution in [2.45, 2.75) is 44.3 Å². The van der Waals surface area contributed by atoms with Crippen molar-refractivity contribution in [1.82, 2.24) is 14.9 Å². The van der Waals surface area contributed by atoms with E-state index in [-0.39, 0.29) is 29.4 Å². The van der Waals surface area contributed by atoms with Crippen LogP contribution in [0.25, 0.3) is 0 Å². The Morgan fingerprint density at radius 2 is 2.00 bits per heavy atom. The number of piperazine rings is 1. The summed E-state index contributed by atoms with van der Waals surface area (Å²) >= 11 is 7.38. The number of aromatic nitrogens is 2. The molecule has 7 nitrogen and oxygen atoms in total. The SMILES string of the molecule is CCCCC(=O)N1CCN(c2cc(Cl)nc(SCC(=O)Nc3ccc(F)cc3)n2)CC1C. The van der Waals surface area contributed by atoms with Gasteiger partial charge < -0.3 is 15.1 Å². The van der Waals surface area contributed by atoms with Crippen molar-refractivity contribution in [2.75, 3.05) is 35.6 Å². The number of halogens is 2. The van der Waals surface area contributed by atoms with Gasteiger partial charge in [0.05, 0.1) is 5.75 Å². The molecule has 32 heavy (non-hydrogen) atoms. The number of amides is 2. The molecule has 1 aliphatic rings. The van der Waals surface area contributed by atoms with Gasteiger partial charge >= 0.3 is 0 Å². The van der Waals surface area contributed by atoms with Gasteiger partial charge in [-0.25, -0.2) is 14.4 Å². The third kappa shape index (κ3) is 6.80. The van der Waals surface area contributed by atoms with Gasteiger partial charge in [-0.15, -0.1) is 0 Å². The van der Waals surface area contributed by atoms with Gasteiger partial charge in [0.1, 0.15) is 16.8 Å². The fraction of sp³-hybridized carbons (Fsp3) is 0.455. The average molecular weight is 480 g/mol. The Bertz CT molecular complexity index is 946. The van der Waals surface area contributed by atoms with Gasteiger partial charge in [0.15, 0.2) is 5.16 Å². The van der Waals surface area contributed by atoms with Gasteiger partial charge in [0.2, 0.25) is 11.8 Å². The monoisotopic (exact) mass is 479 g/mol. The molecule has 1 aliphatic heterocycles. The van der Waals surface area contributed by atoms with Crippen molar-refractivity contribution in [3.8, 4) is 0 Å². The van der Waals surface area contributed by atoms with Gasteiger partial charge in [0.25, 0.3) is 0 Å². The second-order valence-corrected chi connectivity index (χ2v) is 8.99. The van der Waals surface area contributed by atoms with Crippen LogP contribution in [-0.2, 0) is 9.59 Å². The molecule has 1 atom stereocenters. The Balaban J connectivity index is 1.58. The highest BCUT2D eigenvalue weighted by atomic mass is 35.5. The first-order valence-electron chi connectivity index (χ1n) is 10.6. The standard InChI is InChI=1S/C22H27ClFN5O2S/c1-3-4-5-21(31)29-11-10-28(13-15(29)2)19-12-18(23)26-22(27-19)32-14-20(30)25-17-8-6-16(24)7-9-17/h6-9,12,15H,3-5,10-11,13-14H2,1-2H3,(H,25,30). The molecule has 1 N–H and O–H groups in total. The van der Waals surface area contributed by atoms with Crippen molar-refractivity contribution in [1.29, 1.82) is 0 Å². The number of thioether (sulfide) groups is 1. The topological polar surface area (TPSA) is 78.4 Å². The minimum absolute atomic E-state index is 0.0689. The second kappa shape index (κ2) is 11.5. The first-order chi connectivity index (χ1) is 15.4. The predicted octanol–water partition coefficient (Wildman–Crippen LogP) is 4.23. The van der Waals surface area contributed by atoms with E-state index in [2.05, 4.69) is 27.1 Å². The molecule has 2 amide bonds. The molecule has 2 aromatic rings. The lowest BCUT2D eigenvalue weighted by Crippen LogP contribution is -2.54. The van der Waals surface area contributed by atoms with Crippen LogP contribution in [0.2, 0.25) is 5.15 Å². The Morgan fingerprint density at radius 3 is 2.69 bits per heavy atom. The van der Waals surface area contributed by atoms with E-state index in [0.29, 0.717) is 47.9 Å². The highest BCUT2D eigenvalue weighted by Crippen LogP contribution is 2.24. The van der Waals surface area contributed by atoms with Crippen LogP contribution >= 0.6 is 23.4 Å². The molecule has 0 aliphatic carbocycles. The van der Waals surface area contributed by atoms with Crippen LogP contribution in [0.4, 0.5) is 15.9 Å². The molecule has 0 radical (unpaired) electrons. The average Bonchev–Trinajstić information content (AvgIpc) is 2.77. The quantitative estimate of drug-likeness (QED) is 0.347. The van der Waals surface area contributed by atoms with E-state index in [4.69, 9.17) is 11.6 Å². The van der Waals surface area contributed by atoms with E-state index >= 15 is 0 Å². The summed E-state index contributed by atoms with van der Waals surface area (Å²) in [5.41, 5.74) is 0.519. The van der Waals surface area contributed by atoms with Crippen molar-refractivity contribution in [3.05, 3.63) is 41.3 Å². The molecule has 2 heterocycles. The van der Waals surface area contributed by atoms with Crippen LogP contribution in [-0.4, -0.2) is 58.1 Å². The van der Waals surface area contributed by atoms with Crippen molar-refractivity contribution >= 4 is 46.7 Å². The molecule has 1 aromatic heterocycles. The smallest absolute Gasteiger partial charge is 0.234 e. The zero-order valence-electron chi connectivity index (χ0n) is 18.2. The number of hydrogen-bond acceptors (Lipinski definition) is 6. The molecular weight excluding hydrogens is 453 g/mol. The molecule has 1 fully saturated rings. The second-order valence-electron chi connectivity index (χ2n) is 7.66. The summed E-state index contributed by atoms with van der Waals surface area (Å²) < 4.78 is 13.0. The summed E-state index contributed by atoms with van der Waals surface area (Å²) in [4.78, 5) is 37.4. The molecule has 0 spiro atoms. The van der Waals surface area contributed by atoms with Crippen molar-refractivity contribution in [2.24, 2.45) is 0 Å². The molecule has 3 rings (SSSR count). The van der Waals surface area contributed by atoms with Crippen LogP contribution in [0.15, 0.2) is 35.5 Å². The number of hydrogen-bond donors (Lipinski definition) is 1. The minimum atomic E-state index is -0.363. The summed E-state index contributed by atoms with van der Waals surface area (Å²) in [5.74, 6) is 0.354. The first kappa shape index (κ1) is 24.3. The third-order valence-corrected chi connectivity index (χ3v) is 6.18. The Kier molecular flexibility index (Phi) is 8.69. The number of anilines is 2. The molecule has 0 bridgehead atoms. The Labute approximate surface area is 196 Å². The summed E-state index contributed by atoms with van der Waals surface area (Å²) in [6, 6.07) is 7.34. The highest BCUT2D eigenvalue weighted by Gasteiger charge is 2.28. The molecule has 0 saturated carbocycles. The fourth-order valence-corrected chi connectivity index (χ4v) is 4.36. The van der Waals surface area contributed by atoms with E-state index in [0.717, 1.165) is 12.8 Å². The lowest BCUT2D eigenvalue weighted by molar-refractivity contribution is -0.133. The van der Waals surface area contributed by atoms with Gasteiger partial charge in [-0.2, -0.15) is 0 Å². The van der Waals surface area contributed by atoms with Gasteiger partial charge in [-0.1, -0.05) is 36.7 Å². The molecule has 1 aromatic carbocycles. The number of nitrogens with zero attached hydrogens (tertiary/aromatic N) is 4. The number of nitrogens with one attached hydrogen (secondary N) is 1. The number of rotatable bonds is 8. The van der Waals surface area contributed by atoms with Crippen LogP contribution in [0, 0.1) is 5.82 Å². The maximum atomic E-state index is 13.0. The van der Waals surface area contributed by atoms with Crippen molar-refractivity contribution in [3.63, 3.8) is 0 Å². The fourth-order valence-electron chi connectivity index (χ4n) is 3.48. The van der Waals surface area contributed by atoms with Crippen molar-refractivity contribution < 1.29 is 14.0 Å². The summed E-state index contributed by atoms with van der Waals surface area (Å²) in [5, 5.41) is 3.40. The van der Waals surface area contributed by atoms with Crippen LogP contribution < -0.4 is 10.2 Å². The normalized spacial score (nSPS) is 16.2. The highest BCUT2D eigenvalue weighted by molar-refractivity contribution is 7.99. The number of unbranched alkanes of at least 4 members (excludes halogenated alkanes) is 1. The molecular formula is C22H27ClFN5O2S. The van der Waals surface area contributed by atoms with Gasteiger partial charge in [-0.3, -0.25) is 9.59 Å². The van der Waals surface area contributed by atoms with E-state index < -0.39 is 0 Å². The maximum Gasteiger partial charge on any atom is 0.234 e. The number of carbonyl (C=O) groups excluding carboxylic acids is 2. The number of benzene rings is 1. The zero-order chi connectivity index (χ0) is 23.1. The predicted molar refractivity (Wildman–Crippen MR) is 126 cm³/mol. The lowest BCUT2D eigenvalue weighted by Gasteiger charge is -2.40. The van der Waals surface area contributed by atoms with Crippen LogP contribution in [0.5, 0.6) is 0 Å². The van der Waals surface area contributed by atoms with Crippen LogP contribution in [0.1, 0.15) is 33.1 Å². The molecule has 172 valence electrons. The number of carbonyl (C=O) groups is 2. The Hall–Kier alpha value is -2.39. The Morgan fingerprint density at radius 1 is 1.25 bits per heavy atom. The van der Waals surface area contributed by atoms with Gasteiger partial charge in [0, 0.05) is 43.9 Å². The van der Waals surface area contributed by atoms with E-state index in [1.165, 1.54) is 36.0 Å². The third-order valence-electron chi connectivity index (χ3n) is 5.14. The van der Waals surface area contributed by atoms with E-state index in [1.807, 2.05) is 11.8 Å². The van der Waals surface area contributed by atoms with E-state index in [9.17, 15) is 14.0 Å². The van der Waals surface area contributed by atoms with Crippen LogP contribution in [0.3, 0.4) is 0 Å². The maximum absolute atomic E-state index is 13.0. The zero-order valence-corrected chi connectivity index (χ0v) is 19.8. The molecule has 10 heteroatoms. The summed E-state index contributed by atoms with van der Waals surface area (Å²) in [6.45, 7) is 6.06. The largest absolute Gasteiger partial charge is 0.353 e. The van der Waals surface area contributed by atoms with Gasteiger partial charge in [-0.05, 0) is 37.6 Å². The molecule has 1 saturated heterocycles. The first-order valence-corrected chi connectivity index (χ1v) is 12.0. The summed E-state index contributed by atoms with van der Waals surface area (Å²) in [7, 11) is 0.